The lowest BCUT2D eigenvalue weighted by Crippen LogP contribution is -1.83. The van der Waals surface area contributed by atoms with Crippen LogP contribution in [0.3, 0.4) is 0 Å². The van der Waals surface area contributed by atoms with Crippen LogP contribution in [0.4, 0.5) is 0 Å². The fraction of sp³-hybridized carbons (Fsp3) is 0. The van der Waals surface area contributed by atoms with E-state index in [9.17, 15) is 0 Å². The highest BCUT2D eigenvalue weighted by atomic mass is 15.5. The first-order valence-corrected chi connectivity index (χ1v) is 3.74. The third kappa shape index (κ3) is 2.52. The van der Waals surface area contributed by atoms with Gasteiger partial charge in [0.05, 0.1) is 0 Å². The summed E-state index contributed by atoms with van der Waals surface area (Å²) in [5.74, 6) is 0.531. The normalized spacial score (nSPS) is 11.8. The number of H-pyrrole nitrogens is 1. The van der Waals surface area contributed by atoms with E-state index in [-0.39, 0.29) is 0 Å². The summed E-state index contributed by atoms with van der Waals surface area (Å²) in [5, 5.41) is 13.5. The maximum Gasteiger partial charge on any atom is 0.204 e. The van der Waals surface area contributed by atoms with Crippen molar-refractivity contribution in [2.75, 3.05) is 0 Å². The quantitative estimate of drug-likeness (QED) is 0.704. The van der Waals surface area contributed by atoms with Crippen molar-refractivity contribution in [1.82, 2.24) is 20.6 Å². The molecule has 0 unspecified atom stereocenters. The van der Waals surface area contributed by atoms with E-state index >= 15 is 0 Å². The van der Waals surface area contributed by atoms with Gasteiger partial charge in [0.2, 0.25) is 5.82 Å². The molecule has 0 amide bonds. The van der Waals surface area contributed by atoms with Crippen LogP contribution >= 0.6 is 0 Å². The maximum absolute atomic E-state index is 3.82. The Morgan fingerprint density at radius 1 is 1.31 bits per heavy atom. The van der Waals surface area contributed by atoms with Crippen molar-refractivity contribution < 1.29 is 0 Å². The molecular weight excluding hydrogens is 164 g/mol. The summed E-state index contributed by atoms with van der Waals surface area (Å²) in [6, 6.07) is 0. The highest BCUT2D eigenvalue weighted by Gasteiger charge is 1.99. The van der Waals surface area contributed by atoms with Crippen LogP contribution in [0.15, 0.2) is 43.5 Å². The van der Waals surface area contributed by atoms with Crippen LogP contribution in [0.5, 0.6) is 0 Å². The molecule has 4 nitrogen and oxygen atoms in total. The Labute approximate surface area is 76.4 Å². The Morgan fingerprint density at radius 2 is 2.15 bits per heavy atom. The Bertz CT molecular complexity index is 333. The average Bonchev–Trinajstić information content (AvgIpc) is 2.65. The third-order valence-electron chi connectivity index (χ3n) is 1.35. The molecule has 0 atom stereocenters. The lowest BCUT2D eigenvalue weighted by Gasteiger charge is -1.89. The van der Waals surface area contributed by atoms with Gasteiger partial charge in [-0.2, -0.15) is 5.21 Å². The molecule has 0 spiro atoms. The van der Waals surface area contributed by atoms with Crippen LogP contribution < -0.4 is 0 Å². The second-order valence-corrected chi connectivity index (χ2v) is 2.18. The SMILES string of the molecule is C=C/C=C\C=C(/C=C)c1nn[nH]n1. The van der Waals surface area contributed by atoms with Crippen LogP contribution in [0.1, 0.15) is 5.82 Å². The van der Waals surface area contributed by atoms with Crippen molar-refractivity contribution in [3.8, 4) is 0 Å². The number of aromatic amines is 1. The van der Waals surface area contributed by atoms with Crippen LogP contribution in [0, 0.1) is 0 Å². The Morgan fingerprint density at radius 3 is 2.69 bits per heavy atom. The van der Waals surface area contributed by atoms with Crippen LogP contribution in [-0.4, -0.2) is 20.6 Å². The molecule has 1 heterocycles. The summed E-state index contributed by atoms with van der Waals surface area (Å²) in [4.78, 5) is 0. The smallest absolute Gasteiger partial charge is 0.177 e. The standard InChI is InChI=1S/C9H10N4/c1-3-5-6-7-8(4-2)9-10-12-13-11-9/h3-7H,1-2H2,(H,10,11,12,13)/b6-5-,8-7+. The molecule has 0 saturated carbocycles. The maximum atomic E-state index is 3.82. The fourth-order valence-corrected chi connectivity index (χ4v) is 0.756. The number of nitrogens with zero attached hydrogens (tertiary/aromatic N) is 3. The van der Waals surface area contributed by atoms with E-state index in [1.54, 1.807) is 12.2 Å². The van der Waals surface area contributed by atoms with Crippen LogP contribution in [0.2, 0.25) is 0 Å². The van der Waals surface area contributed by atoms with E-state index in [0.29, 0.717) is 5.82 Å². The second kappa shape index (κ2) is 4.82. The molecule has 0 saturated heterocycles. The predicted octanol–water partition coefficient (Wildman–Crippen LogP) is 1.51. The van der Waals surface area contributed by atoms with Gasteiger partial charge < -0.3 is 0 Å². The zero-order chi connectivity index (χ0) is 9.52. The van der Waals surface area contributed by atoms with Gasteiger partial charge >= 0.3 is 0 Å². The molecule has 1 aromatic heterocycles. The van der Waals surface area contributed by atoms with Crippen molar-refractivity contribution in [1.29, 1.82) is 0 Å². The first kappa shape index (κ1) is 9.12. The molecule has 13 heavy (non-hydrogen) atoms. The Kier molecular flexibility index (Phi) is 3.38. The molecule has 0 fully saturated rings. The molecule has 1 aromatic rings. The molecule has 0 radical (unpaired) electrons. The molecule has 4 heteroatoms. The molecule has 1 rings (SSSR count). The van der Waals surface area contributed by atoms with Gasteiger partial charge in [-0.3, -0.25) is 0 Å². The lowest BCUT2D eigenvalue weighted by molar-refractivity contribution is 0.881. The first-order valence-electron chi connectivity index (χ1n) is 3.74. The minimum Gasteiger partial charge on any atom is -0.177 e. The van der Waals surface area contributed by atoms with Gasteiger partial charge in [-0.25, -0.2) is 0 Å². The zero-order valence-corrected chi connectivity index (χ0v) is 7.14. The van der Waals surface area contributed by atoms with Crippen molar-refractivity contribution >= 4 is 5.57 Å². The number of hydrogen-bond donors (Lipinski definition) is 1. The average molecular weight is 174 g/mol. The van der Waals surface area contributed by atoms with Gasteiger partial charge in [0.15, 0.2) is 0 Å². The summed E-state index contributed by atoms with van der Waals surface area (Å²) in [6.45, 7) is 7.20. The van der Waals surface area contributed by atoms with Gasteiger partial charge in [-0.05, 0) is 5.21 Å². The van der Waals surface area contributed by atoms with Gasteiger partial charge in [-0.15, -0.1) is 10.2 Å². The zero-order valence-electron chi connectivity index (χ0n) is 7.14. The number of hydrogen-bond acceptors (Lipinski definition) is 3. The molecule has 0 aliphatic rings. The molecule has 1 N–H and O–H groups in total. The highest BCUT2D eigenvalue weighted by Crippen LogP contribution is 2.07. The largest absolute Gasteiger partial charge is 0.204 e. The number of nitrogens with one attached hydrogen (secondary N) is 1. The monoisotopic (exact) mass is 174 g/mol. The topological polar surface area (TPSA) is 54.5 Å². The van der Waals surface area contributed by atoms with Gasteiger partial charge in [0.25, 0.3) is 0 Å². The molecule has 0 aliphatic carbocycles. The van der Waals surface area contributed by atoms with Gasteiger partial charge in [0, 0.05) is 5.57 Å². The fourth-order valence-electron chi connectivity index (χ4n) is 0.756. The van der Waals surface area contributed by atoms with Gasteiger partial charge in [0.1, 0.15) is 0 Å². The minimum absolute atomic E-state index is 0.531. The summed E-state index contributed by atoms with van der Waals surface area (Å²) in [7, 11) is 0. The number of aromatic nitrogens is 4. The third-order valence-corrected chi connectivity index (χ3v) is 1.35. The van der Waals surface area contributed by atoms with E-state index in [4.69, 9.17) is 0 Å². The predicted molar refractivity (Wildman–Crippen MR) is 51.7 cm³/mol. The van der Waals surface area contributed by atoms with E-state index in [1.165, 1.54) is 0 Å². The molecule has 66 valence electrons. The lowest BCUT2D eigenvalue weighted by atomic mass is 10.2. The number of tetrazole rings is 1. The van der Waals surface area contributed by atoms with Crippen LogP contribution in [0.25, 0.3) is 5.57 Å². The van der Waals surface area contributed by atoms with Crippen molar-refractivity contribution in [2.24, 2.45) is 0 Å². The van der Waals surface area contributed by atoms with E-state index in [2.05, 4.69) is 33.8 Å². The molecule has 0 aromatic carbocycles. The van der Waals surface area contributed by atoms with E-state index in [0.717, 1.165) is 5.57 Å². The second-order valence-electron chi connectivity index (χ2n) is 2.18. The minimum atomic E-state index is 0.531. The molecular formula is C9H10N4. The van der Waals surface area contributed by atoms with Crippen molar-refractivity contribution in [3.05, 3.63) is 49.4 Å². The molecule has 0 bridgehead atoms. The Balaban J connectivity index is 2.85. The highest BCUT2D eigenvalue weighted by molar-refractivity contribution is 5.69. The molecule has 0 aliphatic heterocycles. The summed E-state index contributed by atoms with van der Waals surface area (Å²) in [6.07, 6.45) is 8.83. The van der Waals surface area contributed by atoms with Crippen molar-refractivity contribution in [3.63, 3.8) is 0 Å². The number of allylic oxidation sites excluding steroid dienone is 6. The van der Waals surface area contributed by atoms with Gasteiger partial charge in [-0.1, -0.05) is 43.5 Å². The van der Waals surface area contributed by atoms with Crippen LogP contribution in [-0.2, 0) is 0 Å². The number of rotatable bonds is 4. The van der Waals surface area contributed by atoms with Crippen molar-refractivity contribution in [2.45, 2.75) is 0 Å². The summed E-state index contributed by atoms with van der Waals surface area (Å²) in [5.41, 5.74) is 0.812. The van der Waals surface area contributed by atoms with E-state index in [1.807, 2.05) is 18.2 Å². The van der Waals surface area contributed by atoms with E-state index < -0.39 is 0 Å². The summed E-state index contributed by atoms with van der Waals surface area (Å²) < 4.78 is 0. The Hall–Kier alpha value is -1.97. The first-order chi connectivity index (χ1) is 6.38. The summed E-state index contributed by atoms with van der Waals surface area (Å²) >= 11 is 0.